The van der Waals surface area contributed by atoms with Gasteiger partial charge in [0.1, 0.15) is 5.76 Å². The van der Waals surface area contributed by atoms with Crippen LogP contribution in [-0.2, 0) is 9.47 Å². The van der Waals surface area contributed by atoms with Crippen molar-refractivity contribution in [2.45, 2.75) is 19.1 Å². The van der Waals surface area contributed by atoms with Crippen molar-refractivity contribution < 1.29 is 9.47 Å². The minimum atomic E-state index is -0.0510. The second-order valence-electron chi connectivity index (χ2n) is 3.34. The van der Waals surface area contributed by atoms with Crippen LogP contribution in [0.2, 0.25) is 0 Å². The highest BCUT2D eigenvalue weighted by atomic mass is 16.7. The normalized spacial score (nSPS) is 23.8. The average molecular weight is 190 g/mol. The minimum Gasteiger partial charge on any atom is -0.469 e. The Morgan fingerprint density at radius 3 is 2.79 bits per heavy atom. The molecular formula is C12H14O2. The van der Waals surface area contributed by atoms with E-state index in [2.05, 4.69) is 18.2 Å². The van der Waals surface area contributed by atoms with Gasteiger partial charge in [0.15, 0.2) is 6.29 Å². The summed E-state index contributed by atoms with van der Waals surface area (Å²) in [6.07, 6.45) is 3.94. The van der Waals surface area contributed by atoms with Crippen molar-refractivity contribution in [2.24, 2.45) is 0 Å². The molecule has 0 radical (unpaired) electrons. The van der Waals surface area contributed by atoms with Crippen LogP contribution in [0.1, 0.15) is 18.4 Å². The molecule has 2 heteroatoms. The van der Waals surface area contributed by atoms with E-state index < -0.39 is 0 Å². The highest BCUT2D eigenvalue weighted by Gasteiger charge is 2.19. The second kappa shape index (κ2) is 4.29. The lowest BCUT2D eigenvalue weighted by atomic mass is 10.2. The number of hydrogen-bond donors (Lipinski definition) is 0. The van der Waals surface area contributed by atoms with Crippen LogP contribution in [0.3, 0.4) is 0 Å². The zero-order valence-electron chi connectivity index (χ0n) is 8.27. The Morgan fingerprint density at radius 2 is 2.14 bits per heavy atom. The zero-order chi connectivity index (χ0) is 9.80. The highest BCUT2D eigenvalue weighted by molar-refractivity contribution is 5.51. The fourth-order valence-electron chi connectivity index (χ4n) is 1.55. The summed E-state index contributed by atoms with van der Waals surface area (Å²) in [6, 6.07) is 10.2. The summed E-state index contributed by atoms with van der Waals surface area (Å²) < 4.78 is 10.7. The lowest BCUT2D eigenvalue weighted by Gasteiger charge is -2.07. The molecule has 0 bridgehead atoms. The van der Waals surface area contributed by atoms with Crippen molar-refractivity contribution in [1.29, 1.82) is 0 Å². The molecule has 1 aliphatic heterocycles. The van der Waals surface area contributed by atoms with Gasteiger partial charge in [0, 0.05) is 20.0 Å². The molecule has 0 aliphatic carbocycles. The van der Waals surface area contributed by atoms with E-state index in [0.717, 1.165) is 18.6 Å². The molecule has 1 saturated heterocycles. The van der Waals surface area contributed by atoms with Gasteiger partial charge in [-0.15, -0.1) is 0 Å². The Balaban J connectivity index is 2.06. The van der Waals surface area contributed by atoms with E-state index in [-0.39, 0.29) is 6.29 Å². The molecule has 2 nitrogen and oxygen atoms in total. The van der Waals surface area contributed by atoms with E-state index in [1.54, 1.807) is 7.11 Å². The van der Waals surface area contributed by atoms with E-state index in [1.165, 1.54) is 5.56 Å². The monoisotopic (exact) mass is 190 g/mol. The standard InChI is InChI=1S/C12H14O2/c1-13-12-8-7-11(14-12)9-10-5-3-2-4-6-10/h2-6,9,12H,7-8H2,1H3/b11-9-. The van der Waals surface area contributed by atoms with Crippen molar-refractivity contribution in [1.82, 2.24) is 0 Å². The molecule has 0 spiro atoms. The predicted molar refractivity (Wildman–Crippen MR) is 55.5 cm³/mol. The molecule has 1 aliphatic rings. The first-order valence-corrected chi connectivity index (χ1v) is 4.83. The van der Waals surface area contributed by atoms with Gasteiger partial charge < -0.3 is 9.47 Å². The summed E-state index contributed by atoms with van der Waals surface area (Å²) in [7, 11) is 1.68. The number of rotatable bonds is 2. The molecule has 0 saturated carbocycles. The number of methoxy groups -OCH3 is 1. The molecule has 0 aromatic heterocycles. The highest BCUT2D eigenvalue weighted by Crippen LogP contribution is 2.25. The Kier molecular flexibility index (Phi) is 2.84. The average Bonchev–Trinajstić information content (AvgIpc) is 2.67. The van der Waals surface area contributed by atoms with Crippen LogP contribution in [0.5, 0.6) is 0 Å². The summed E-state index contributed by atoms with van der Waals surface area (Å²) >= 11 is 0. The van der Waals surface area contributed by atoms with Crippen molar-refractivity contribution in [3.8, 4) is 0 Å². The fourth-order valence-corrected chi connectivity index (χ4v) is 1.55. The molecule has 1 atom stereocenters. The third-order valence-electron chi connectivity index (χ3n) is 2.30. The maximum absolute atomic E-state index is 5.55. The molecule has 1 aromatic carbocycles. The maximum atomic E-state index is 5.55. The number of hydrogen-bond acceptors (Lipinski definition) is 2. The molecule has 14 heavy (non-hydrogen) atoms. The van der Waals surface area contributed by atoms with Gasteiger partial charge in [-0.1, -0.05) is 30.3 Å². The molecule has 1 fully saturated rings. The molecule has 0 amide bonds. The smallest absolute Gasteiger partial charge is 0.199 e. The Bertz CT molecular complexity index is 316. The summed E-state index contributed by atoms with van der Waals surface area (Å²) in [4.78, 5) is 0. The van der Waals surface area contributed by atoms with Crippen LogP contribution in [-0.4, -0.2) is 13.4 Å². The quantitative estimate of drug-likeness (QED) is 0.714. The first-order valence-electron chi connectivity index (χ1n) is 4.83. The number of allylic oxidation sites excluding steroid dienone is 1. The zero-order valence-corrected chi connectivity index (χ0v) is 8.27. The SMILES string of the molecule is COC1CC/C(=C/c2ccccc2)O1. The van der Waals surface area contributed by atoms with Crippen LogP contribution in [0.4, 0.5) is 0 Å². The summed E-state index contributed by atoms with van der Waals surface area (Å²) in [5, 5.41) is 0. The Hall–Kier alpha value is -1.28. The molecule has 1 aromatic rings. The largest absolute Gasteiger partial charge is 0.469 e. The van der Waals surface area contributed by atoms with Gasteiger partial charge in [-0.05, 0) is 11.6 Å². The van der Waals surface area contributed by atoms with E-state index in [4.69, 9.17) is 9.47 Å². The minimum absolute atomic E-state index is 0.0510. The maximum Gasteiger partial charge on any atom is 0.199 e. The molecule has 0 N–H and O–H groups in total. The molecular weight excluding hydrogens is 176 g/mol. The fraction of sp³-hybridized carbons (Fsp3) is 0.333. The van der Waals surface area contributed by atoms with Crippen LogP contribution in [0, 0.1) is 0 Å². The third kappa shape index (κ3) is 2.15. The first-order chi connectivity index (χ1) is 6.88. The second-order valence-corrected chi connectivity index (χ2v) is 3.34. The van der Waals surface area contributed by atoms with Crippen LogP contribution in [0.15, 0.2) is 36.1 Å². The van der Waals surface area contributed by atoms with Gasteiger partial charge in [0.05, 0.1) is 0 Å². The summed E-state index contributed by atoms with van der Waals surface area (Å²) in [6.45, 7) is 0. The molecule has 74 valence electrons. The van der Waals surface area contributed by atoms with E-state index >= 15 is 0 Å². The van der Waals surface area contributed by atoms with Gasteiger partial charge in [-0.3, -0.25) is 0 Å². The summed E-state index contributed by atoms with van der Waals surface area (Å²) in [5.74, 6) is 1.02. The van der Waals surface area contributed by atoms with E-state index in [0.29, 0.717) is 0 Å². The number of ether oxygens (including phenoxy) is 2. The lowest BCUT2D eigenvalue weighted by molar-refractivity contribution is -0.0674. The van der Waals surface area contributed by atoms with Crippen molar-refractivity contribution >= 4 is 6.08 Å². The first kappa shape index (κ1) is 9.28. The van der Waals surface area contributed by atoms with Crippen molar-refractivity contribution in [3.05, 3.63) is 41.7 Å². The van der Waals surface area contributed by atoms with E-state index in [9.17, 15) is 0 Å². The molecule has 2 rings (SSSR count). The molecule has 1 heterocycles. The lowest BCUT2D eigenvalue weighted by Crippen LogP contribution is -2.05. The van der Waals surface area contributed by atoms with Gasteiger partial charge >= 0.3 is 0 Å². The summed E-state index contributed by atoms with van der Waals surface area (Å²) in [5.41, 5.74) is 1.18. The van der Waals surface area contributed by atoms with Crippen LogP contribution < -0.4 is 0 Å². The Morgan fingerprint density at radius 1 is 1.36 bits per heavy atom. The predicted octanol–water partition coefficient (Wildman–Crippen LogP) is 2.81. The van der Waals surface area contributed by atoms with Crippen molar-refractivity contribution in [3.63, 3.8) is 0 Å². The Labute approximate surface area is 84.2 Å². The van der Waals surface area contributed by atoms with Gasteiger partial charge in [-0.25, -0.2) is 0 Å². The van der Waals surface area contributed by atoms with Gasteiger partial charge in [-0.2, -0.15) is 0 Å². The van der Waals surface area contributed by atoms with Gasteiger partial charge in [0.2, 0.25) is 0 Å². The van der Waals surface area contributed by atoms with Crippen LogP contribution >= 0.6 is 0 Å². The van der Waals surface area contributed by atoms with Crippen LogP contribution in [0.25, 0.3) is 6.08 Å². The van der Waals surface area contributed by atoms with Gasteiger partial charge in [0.25, 0.3) is 0 Å². The topological polar surface area (TPSA) is 18.5 Å². The molecule has 1 unspecified atom stereocenters. The van der Waals surface area contributed by atoms with Crippen molar-refractivity contribution in [2.75, 3.05) is 7.11 Å². The van der Waals surface area contributed by atoms with E-state index in [1.807, 2.05) is 18.2 Å². The number of benzene rings is 1. The third-order valence-corrected chi connectivity index (χ3v) is 2.30.